The van der Waals surface area contributed by atoms with Gasteiger partial charge in [-0.2, -0.15) is 5.26 Å². The van der Waals surface area contributed by atoms with E-state index in [2.05, 4.69) is 5.32 Å². The van der Waals surface area contributed by atoms with Crippen LogP contribution in [-0.2, 0) is 22.4 Å². The van der Waals surface area contributed by atoms with Crippen molar-refractivity contribution in [1.82, 2.24) is 0 Å². The van der Waals surface area contributed by atoms with Crippen LogP contribution in [0.15, 0.2) is 29.8 Å². The van der Waals surface area contributed by atoms with Crippen LogP contribution in [0.1, 0.15) is 56.5 Å². The zero-order chi connectivity index (χ0) is 21.7. The third kappa shape index (κ3) is 4.58. The van der Waals surface area contributed by atoms with E-state index in [4.69, 9.17) is 9.84 Å². The van der Waals surface area contributed by atoms with Gasteiger partial charge in [-0.25, -0.2) is 9.59 Å². The minimum atomic E-state index is -1.06. The summed E-state index contributed by atoms with van der Waals surface area (Å²) in [6, 6.07) is 7.69. The first-order valence-electron chi connectivity index (χ1n) is 9.52. The molecule has 1 amide bonds. The molecule has 1 heterocycles. The van der Waals surface area contributed by atoms with Crippen LogP contribution in [0.5, 0.6) is 0 Å². The highest BCUT2D eigenvalue weighted by atomic mass is 32.1. The van der Waals surface area contributed by atoms with Crippen LogP contribution in [0.4, 0.5) is 5.00 Å². The number of thiophene rings is 1. The molecule has 1 aliphatic carbocycles. The number of benzene rings is 1. The Bertz CT molecular complexity index is 1060. The SMILES string of the molecule is CCOC(=O)c1c(NC(=O)/C(C#N)=C/c2ccc(C(=O)O)cc2)sc2c1CCCC2. The van der Waals surface area contributed by atoms with Gasteiger partial charge >= 0.3 is 11.9 Å². The Balaban J connectivity index is 1.88. The highest BCUT2D eigenvalue weighted by Gasteiger charge is 2.27. The Kier molecular flexibility index (Phi) is 6.65. The number of carboxylic acids is 1. The van der Waals surface area contributed by atoms with Crippen molar-refractivity contribution in [3.63, 3.8) is 0 Å². The van der Waals surface area contributed by atoms with Gasteiger partial charge in [0, 0.05) is 4.88 Å². The molecule has 1 aliphatic rings. The minimum absolute atomic E-state index is 0.110. The van der Waals surface area contributed by atoms with E-state index < -0.39 is 17.8 Å². The average Bonchev–Trinajstić information content (AvgIpc) is 3.10. The van der Waals surface area contributed by atoms with E-state index in [1.54, 1.807) is 6.92 Å². The number of esters is 1. The predicted octanol–water partition coefficient (Wildman–Crippen LogP) is 4.05. The average molecular weight is 424 g/mol. The van der Waals surface area contributed by atoms with Crippen molar-refractivity contribution in [1.29, 1.82) is 5.26 Å². The van der Waals surface area contributed by atoms with E-state index in [0.29, 0.717) is 16.1 Å². The number of carboxylic acid groups (broad SMARTS) is 1. The van der Waals surface area contributed by atoms with Crippen LogP contribution in [0, 0.1) is 11.3 Å². The Morgan fingerprint density at radius 3 is 2.57 bits per heavy atom. The number of aromatic carboxylic acids is 1. The smallest absolute Gasteiger partial charge is 0.341 e. The standard InChI is InChI=1S/C22H20N2O5S/c1-2-29-22(28)18-16-5-3-4-6-17(16)30-20(18)24-19(25)15(12-23)11-13-7-9-14(10-8-13)21(26)27/h7-11H,2-6H2,1H3,(H,24,25)(H,26,27)/b15-11+. The third-order valence-corrected chi connectivity index (χ3v) is 5.92. The van der Waals surface area contributed by atoms with E-state index in [1.165, 1.54) is 41.7 Å². The fraction of sp³-hybridized carbons (Fsp3) is 0.273. The molecule has 1 aromatic carbocycles. The lowest BCUT2D eigenvalue weighted by Crippen LogP contribution is -2.16. The van der Waals surface area contributed by atoms with Crippen molar-refractivity contribution >= 4 is 40.3 Å². The van der Waals surface area contributed by atoms with Gasteiger partial charge in [0.25, 0.3) is 5.91 Å². The Morgan fingerprint density at radius 2 is 1.93 bits per heavy atom. The molecule has 8 heteroatoms. The second-order valence-electron chi connectivity index (χ2n) is 6.69. The molecule has 2 aromatic rings. The second kappa shape index (κ2) is 9.37. The number of fused-ring (bicyclic) bond motifs is 1. The molecule has 7 nitrogen and oxygen atoms in total. The monoisotopic (exact) mass is 424 g/mol. The summed E-state index contributed by atoms with van der Waals surface area (Å²) in [5, 5.41) is 21.5. The maximum atomic E-state index is 12.7. The number of ether oxygens (including phenoxy) is 1. The van der Waals surface area contributed by atoms with Gasteiger partial charge in [-0.3, -0.25) is 4.79 Å². The van der Waals surface area contributed by atoms with Crippen LogP contribution >= 0.6 is 11.3 Å². The summed E-state index contributed by atoms with van der Waals surface area (Å²) in [4.78, 5) is 37.2. The summed E-state index contributed by atoms with van der Waals surface area (Å²) < 4.78 is 5.18. The molecule has 2 N–H and O–H groups in total. The zero-order valence-electron chi connectivity index (χ0n) is 16.4. The molecule has 0 fully saturated rings. The minimum Gasteiger partial charge on any atom is -0.478 e. The largest absolute Gasteiger partial charge is 0.478 e. The molecule has 0 spiro atoms. The number of hydrogen-bond donors (Lipinski definition) is 2. The quantitative estimate of drug-likeness (QED) is 0.411. The predicted molar refractivity (Wildman–Crippen MR) is 113 cm³/mol. The number of nitrogens with zero attached hydrogens (tertiary/aromatic N) is 1. The molecule has 0 saturated carbocycles. The summed E-state index contributed by atoms with van der Waals surface area (Å²) in [5.74, 6) is -2.17. The van der Waals surface area contributed by atoms with E-state index in [1.807, 2.05) is 6.07 Å². The van der Waals surface area contributed by atoms with Crippen LogP contribution in [0.25, 0.3) is 6.08 Å². The highest BCUT2D eigenvalue weighted by molar-refractivity contribution is 7.17. The van der Waals surface area contributed by atoms with E-state index >= 15 is 0 Å². The first-order valence-corrected chi connectivity index (χ1v) is 10.3. The van der Waals surface area contributed by atoms with Gasteiger partial charge < -0.3 is 15.2 Å². The number of carbonyl (C=O) groups excluding carboxylic acids is 2. The van der Waals surface area contributed by atoms with Gasteiger partial charge in [-0.05, 0) is 61.9 Å². The third-order valence-electron chi connectivity index (χ3n) is 4.71. The lowest BCUT2D eigenvalue weighted by atomic mass is 9.95. The summed E-state index contributed by atoms with van der Waals surface area (Å²) in [6.45, 7) is 1.95. The van der Waals surface area contributed by atoms with Crippen molar-refractivity contribution in [3.05, 3.63) is 57.0 Å². The molecule has 0 bridgehead atoms. The Morgan fingerprint density at radius 1 is 1.23 bits per heavy atom. The topological polar surface area (TPSA) is 116 Å². The maximum absolute atomic E-state index is 12.7. The zero-order valence-corrected chi connectivity index (χ0v) is 17.2. The van der Waals surface area contributed by atoms with Gasteiger partial charge in [0.2, 0.25) is 0 Å². The molecule has 0 saturated heterocycles. The number of amides is 1. The van der Waals surface area contributed by atoms with Gasteiger partial charge in [-0.1, -0.05) is 12.1 Å². The van der Waals surface area contributed by atoms with Gasteiger partial charge in [0.15, 0.2) is 0 Å². The highest BCUT2D eigenvalue weighted by Crippen LogP contribution is 2.38. The fourth-order valence-corrected chi connectivity index (χ4v) is 4.55. The fourth-order valence-electron chi connectivity index (χ4n) is 3.28. The molecule has 3 rings (SSSR count). The van der Waals surface area contributed by atoms with Gasteiger partial charge in [0.1, 0.15) is 16.6 Å². The number of nitrogens with one attached hydrogen (secondary N) is 1. The van der Waals surface area contributed by atoms with Crippen LogP contribution < -0.4 is 5.32 Å². The van der Waals surface area contributed by atoms with E-state index in [-0.39, 0.29) is 17.7 Å². The molecule has 0 atom stereocenters. The summed E-state index contributed by atoms with van der Waals surface area (Å²) >= 11 is 1.35. The molecular formula is C22H20N2O5S. The first-order chi connectivity index (χ1) is 14.4. The van der Waals surface area contributed by atoms with Crippen molar-refractivity contribution in [2.24, 2.45) is 0 Å². The Hall–Kier alpha value is -3.44. The number of hydrogen-bond acceptors (Lipinski definition) is 6. The maximum Gasteiger partial charge on any atom is 0.341 e. The lowest BCUT2D eigenvalue weighted by Gasteiger charge is -2.12. The van der Waals surface area contributed by atoms with Crippen LogP contribution in [0.3, 0.4) is 0 Å². The normalized spacial score (nSPS) is 13.1. The second-order valence-corrected chi connectivity index (χ2v) is 7.79. The van der Waals surface area contributed by atoms with Crippen LogP contribution in [0.2, 0.25) is 0 Å². The molecule has 30 heavy (non-hydrogen) atoms. The molecular weight excluding hydrogens is 404 g/mol. The van der Waals surface area contributed by atoms with Crippen molar-refractivity contribution in [3.8, 4) is 6.07 Å². The summed E-state index contributed by atoms with van der Waals surface area (Å²) in [5.41, 5.74) is 1.78. The summed E-state index contributed by atoms with van der Waals surface area (Å²) in [7, 11) is 0. The van der Waals surface area contributed by atoms with Crippen molar-refractivity contribution in [2.75, 3.05) is 11.9 Å². The molecule has 0 unspecified atom stereocenters. The first kappa shape index (κ1) is 21.3. The summed E-state index contributed by atoms with van der Waals surface area (Å²) in [6.07, 6.45) is 4.97. The van der Waals surface area contributed by atoms with E-state index in [9.17, 15) is 19.6 Å². The molecule has 154 valence electrons. The van der Waals surface area contributed by atoms with Gasteiger partial charge in [0.05, 0.1) is 17.7 Å². The van der Waals surface area contributed by atoms with E-state index in [0.717, 1.165) is 36.1 Å². The number of nitriles is 1. The number of aryl methyl sites for hydroxylation is 1. The molecule has 1 aromatic heterocycles. The number of carbonyl (C=O) groups is 3. The lowest BCUT2D eigenvalue weighted by molar-refractivity contribution is -0.112. The van der Waals surface area contributed by atoms with Crippen LogP contribution in [-0.4, -0.2) is 29.6 Å². The Labute approximate surface area is 177 Å². The van der Waals surface area contributed by atoms with Crippen molar-refractivity contribution < 1.29 is 24.2 Å². The molecule has 0 radical (unpaired) electrons. The number of anilines is 1. The van der Waals surface area contributed by atoms with Gasteiger partial charge in [-0.15, -0.1) is 11.3 Å². The van der Waals surface area contributed by atoms with Crippen molar-refractivity contribution in [2.45, 2.75) is 32.6 Å². The number of rotatable bonds is 6. The molecule has 0 aliphatic heterocycles.